The highest BCUT2D eigenvalue weighted by Gasteiger charge is 2.30. The highest BCUT2D eigenvalue weighted by Crippen LogP contribution is 2.31. The first-order chi connectivity index (χ1) is 19.7. The maximum absolute atomic E-state index is 13.6. The molecule has 5 rings (SSSR count). The molecule has 3 aromatic rings. The number of benzene rings is 2. The minimum atomic E-state index is -3.53. The molecule has 0 unspecified atom stereocenters. The summed E-state index contributed by atoms with van der Waals surface area (Å²) in [7, 11) is -3.53. The molecule has 0 spiro atoms. The first kappa shape index (κ1) is 29.4. The smallest absolute Gasteiger partial charge is 0.316 e. The molecule has 2 aliphatic rings. The fourth-order valence-corrected chi connectivity index (χ4v) is 7.96. The molecule has 1 saturated heterocycles. The third-order valence-electron chi connectivity index (χ3n) is 7.08. The summed E-state index contributed by atoms with van der Waals surface area (Å²) in [5.41, 5.74) is 1.41. The number of hydrogen-bond acceptors (Lipinski definition) is 8. The van der Waals surface area contributed by atoms with Crippen molar-refractivity contribution in [3.8, 4) is 11.4 Å². The van der Waals surface area contributed by atoms with Gasteiger partial charge in [-0.25, -0.2) is 8.42 Å². The van der Waals surface area contributed by atoms with Gasteiger partial charge in [-0.2, -0.15) is 14.1 Å². The number of halogens is 1. The Balaban J connectivity index is 1.28. The van der Waals surface area contributed by atoms with Crippen LogP contribution >= 0.6 is 23.4 Å². The van der Waals surface area contributed by atoms with Gasteiger partial charge in [0.25, 0.3) is 0 Å². The molecule has 1 aliphatic heterocycles. The zero-order valence-corrected chi connectivity index (χ0v) is 25.1. The molecule has 2 fully saturated rings. The van der Waals surface area contributed by atoms with E-state index in [9.17, 15) is 18.0 Å². The van der Waals surface area contributed by atoms with Crippen LogP contribution in [0.3, 0.4) is 0 Å². The van der Waals surface area contributed by atoms with Crippen molar-refractivity contribution in [2.24, 2.45) is 0 Å². The summed E-state index contributed by atoms with van der Waals surface area (Å²) in [4.78, 5) is 27.6. The molecule has 41 heavy (non-hydrogen) atoms. The first-order valence-electron chi connectivity index (χ1n) is 13.5. The fourth-order valence-electron chi connectivity index (χ4n) is 4.99. The number of anilines is 2. The Hall–Kier alpha value is -3.06. The third-order valence-corrected chi connectivity index (χ3v) is 10.7. The number of nitrogens with one attached hydrogen (secondary N) is 1. The number of carbonyl (C=O) groups excluding carboxylic acids is 1. The van der Waals surface area contributed by atoms with Gasteiger partial charge in [-0.1, -0.05) is 17.7 Å². The Morgan fingerprint density at radius 3 is 2.46 bits per heavy atom. The molecular formula is C28H32ClN5O5S2. The monoisotopic (exact) mass is 617 g/mol. The summed E-state index contributed by atoms with van der Waals surface area (Å²) in [5, 5.41) is 7.51. The van der Waals surface area contributed by atoms with Gasteiger partial charge in [-0.05, 0) is 68.1 Å². The van der Waals surface area contributed by atoms with Crippen LogP contribution in [-0.2, 0) is 14.8 Å². The van der Waals surface area contributed by atoms with Gasteiger partial charge in [0, 0.05) is 48.7 Å². The van der Waals surface area contributed by atoms with Crippen molar-refractivity contribution in [2.75, 3.05) is 41.5 Å². The van der Waals surface area contributed by atoms with Crippen LogP contribution in [0, 0.1) is 0 Å². The molecule has 1 saturated carbocycles. The lowest BCUT2D eigenvalue weighted by Crippen LogP contribution is -2.49. The first-order valence-corrected chi connectivity index (χ1v) is 16.4. The topological polar surface area (TPSA) is 114 Å². The lowest BCUT2D eigenvalue weighted by molar-refractivity contribution is -0.114. The van der Waals surface area contributed by atoms with E-state index in [1.807, 2.05) is 4.90 Å². The van der Waals surface area contributed by atoms with Crippen molar-refractivity contribution in [1.82, 2.24) is 14.1 Å². The Morgan fingerprint density at radius 1 is 1.10 bits per heavy atom. The second kappa shape index (κ2) is 12.8. The summed E-state index contributed by atoms with van der Waals surface area (Å²) in [6, 6.07) is 14.0. The van der Waals surface area contributed by atoms with E-state index in [0.29, 0.717) is 35.2 Å². The summed E-state index contributed by atoms with van der Waals surface area (Å²) in [5.74, 6) is 0.0730. The van der Waals surface area contributed by atoms with E-state index in [-0.39, 0.29) is 41.5 Å². The van der Waals surface area contributed by atoms with Crippen molar-refractivity contribution in [1.29, 1.82) is 0 Å². The van der Waals surface area contributed by atoms with Gasteiger partial charge < -0.3 is 15.0 Å². The Bertz CT molecular complexity index is 1550. The molecular weight excluding hydrogens is 586 g/mol. The van der Waals surface area contributed by atoms with Crippen LogP contribution in [-0.4, -0.2) is 65.8 Å². The molecule has 218 valence electrons. The largest absolute Gasteiger partial charge is 0.483 e. The summed E-state index contributed by atoms with van der Waals surface area (Å²) in [6.45, 7) is 2.80. The summed E-state index contributed by atoms with van der Waals surface area (Å²) >= 11 is 7.39. The molecule has 1 N–H and O–H groups in total. The molecule has 10 nitrogen and oxygen atoms in total. The van der Waals surface area contributed by atoms with E-state index in [4.69, 9.17) is 16.3 Å². The lowest BCUT2D eigenvalue weighted by Gasteiger charge is -2.36. The van der Waals surface area contributed by atoms with Crippen molar-refractivity contribution in [3.63, 3.8) is 0 Å². The average molecular weight is 618 g/mol. The van der Waals surface area contributed by atoms with E-state index >= 15 is 0 Å². The average Bonchev–Trinajstić information content (AvgIpc) is 3.47. The van der Waals surface area contributed by atoms with Crippen molar-refractivity contribution in [2.45, 2.75) is 43.6 Å². The SMILES string of the molecule is CC(=O)Nc1ccc(SCS(=O)(=O)N2CCN(c3cnn(-c4cccc(Cl)c4)c(=O)c3OC3CCCC3)CC2)cc1. The predicted octanol–water partition coefficient (Wildman–Crippen LogP) is 4.37. The molecule has 0 radical (unpaired) electrons. The van der Waals surface area contributed by atoms with E-state index in [2.05, 4.69) is 10.4 Å². The Kier molecular flexibility index (Phi) is 9.22. The molecule has 13 heteroatoms. The number of nitrogens with zero attached hydrogens (tertiary/aromatic N) is 4. The molecule has 1 aliphatic carbocycles. The minimum absolute atomic E-state index is 0.0392. The number of thioether (sulfide) groups is 1. The molecule has 2 aromatic carbocycles. The minimum Gasteiger partial charge on any atom is -0.483 e. The van der Waals surface area contributed by atoms with Crippen LogP contribution < -0.4 is 20.5 Å². The quantitative estimate of drug-likeness (QED) is 0.352. The number of sulfonamides is 1. The van der Waals surface area contributed by atoms with Gasteiger partial charge in [0.2, 0.25) is 21.7 Å². The highest BCUT2D eigenvalue weighted by atomic mass is 35.5. The van der Waals surface area contributed by atoms with Crippen LogP contribution in [0.2, 0.25) is 5.02 Å². The third kappa shape index (κ3) is 7.24. The van der Waals surface area contributed by atoms with Crippen LogP contribution in [0.1, 0.15) is 32.6 Å². The zero-order chi connectivity index (χ0) is 29.0. The lowest BCUT2D eigenvalue weighted by atomic mass is 10.2. The summed E-state index contributed by atoms with van der Waals surface area (Å²) in [6.07, 6.45) is 5.47. The normalized spacial score (nSPS) is 16.6. The standard InChI is InChI=1S/C28H32ClN5O5S2/c1-20(35)31-22-9-11-25(12-10-22)40-19-41(37,38)33-15-13-32(14-16-33)26-18-30-34(23-6-4-5-21(29)17-23)28(36)27(26)39-24-7-2-3-8-24/h4-6,9-12,17-18,24H,2-3,7-8,13-16,19H2,1H3,(H,31,35). The number of hydrogen-bond donors (Lipinski definition) is 1. The van der Waals surface area contributed by atoms with Crippen molar-refractivity contribution >= 4 is 50.7 Å². The Labute approximate surface area is 248 Å². The number of piperazine rings is 1. The van der Waals surface area contributed by atoms with E-state index < -0.39 is 10.0 Å². The van der Waals surface area contributed by atoms with E-state index in [1.165, 1.54) is 27.7 Å². The number of carbonyl (C=O) groups is 1. The van der Waals surface area contributed by atoms with Crippen molar-refractivity contribution in [3.05, 3.63) is 70.1 Å². The molecule has 0 bridgehead atoms. The van der Waals surface area contributed by atoms with Crippen LogP contribution in [0.4, 0.5) is 11.4 Å². The number of ether oxygens (including phenoxy) is 1. The van der Waals surface area contributed by atoms with Crippen LogP contribution in [0.5, 0.6) is 5.75 Å². The maximum Gasteiger partial charge on any atom is 0.316 e. The predicted molar refractivity (Wildman–Crippen MR) is 162 cm³/mol. The zero-order valence-electron chi connectivity index (χ0n) is 22.7. The van der Waals surface area contributed by atoms with Gasteiger partial charge >= 0.3 is 5.56 Å². The number of rotatable bonds is 9. The van der Waals surface area contributed by atoms with Crippen LogP contribution in [0.25, 0.3) is 5.69 Å². The number of aromatic nitrogens is 2. The number of amides is 1. The van der Waals surface area contributed by atoms with Gasteiger partial charge in [-0.15, -0.1) is 11.8 Å². The molecule has 1 amide bonds. The second-order valence-corrected chi connectivity index (χ2v) is 13.9. The van der Waals surface area contributed by atoms with Gasteiger partial charge in [-0.3, -0.25) is 9.59 Å². The Morgan fingerprint density at radius 2 is 1.80 bits per heavy atom. The van der Waals surface area contributed by atoms with E-state index in [1.54, 1.807) is 54.7 Å². The van der Waals surface area contributed by atoms with Gasteiger partial charge in [0.05, 0.1) is 18.0 Å². The maximum atomic E-state index is 13.6. The molecule has 2 heterocycles. The van der Waals surface area contributed by atoms with E-state index in [0.717, 1.165) is 30.6 Å². The van der Waals surface area contributed by atoms with Crippen molar-refractivity contribution < 1.29 is 17.9 Å². The molecule has 0 atom stereocenters. The highest BCUT2D eigenvalue weighted by molar-refractivity contribution is 8.11. The summed E-state index contributed by atoms with van der Waals surface area (Å²) < 4.78 is 35.3. The van der Waals surface area contributed by atoms with Gasteiger partial charge in [0.1, 0.15) is 10.8 Å². The fraction of sp³-hybridized carbons (Fsp3) is 0.393. The van der Waals surface area contributed by atoms with Gasteiger partial charge in [0.15, 0.2) is 0 Å². The molecule has 1 aromatic heterocycles. The second-order valence-electron chi connectivity index (χ2n) is 10.0. The van der Waals surface area contributed by atoms with Crippen LogP contribution in [0.15, 0.2) is 64.4 Å².